The van der Waals surface area contributed by atoms with Gasteiger partial charge in [-0.2, -0.15) is 0 Å². The molecule has 0 amide bonds. The summed E-state index contributed by atoms with van der Waals surface area (Å²) >= 11 is 6.00. The number of nitrogen functional groups attached to an aromatic ring is 1. The lowest BCUT2D eigenvalue weighted by atomic mass is 10.1. The van der Waals surface area contributed by atoms with E-state index in [-0.39, 0.29) is 11.7 Å². The number of benzene rings is 2. The van der Waals surface area contributed by atoms with Crippen LogP contribution in [0.1, 0.15) is 11.1 Å². The second kappa shape index (κ2) is 5.92. The van der Waals surface area contributed by atoms with Gasteiger partial charge >= 0.3 is 0 Å². The molecule has 0 aliphatic carbocycles. The predicted molar refractivity (Wildman–Crippen MR) is 81.0 cm³/mol. The van der Waals surface area contributed by atoms with Crippen molar-refractivity contribution in [1.29, 1.82) is 5.41 Å². The highest BCUT2D eigenvalue weighted by atomic mass is 35.5. The Morgan fingerprint density at radius 1 is 1.30 bits per heavy atom. The molecule has 0 fully saturated rings. The maximum atomic E-state index is 13.2. The molecule has 0 aliphatic rings. The fourth-order valence-corrected chi connectivity index (χ4v) is 2.21. The lowest BCUT2D eigenvalue weighted by Crippen LogP contribution is -2.22. The number of anilines is 1. The monoisotopic (exact) mass is 291 g/mol. The van der Waals surface area contributed by atoms with Gasteiger partial charge in [0.05, 0.1) is 0 Å². The maximum Gasteiger partial charge on any atom is 0.124 e. The molecule has 2 aromatic rings. The number of halogens is 2. The lowest BCUT2D eigenvalue weighted by Gasteiger charge is -2.22. The van der Waals surface area contributed by atoms with Gasteiger partial charge in [0.1, 0.15) is 11.7 Å². The van der Waals surface area contributed by atoms with E-state index in [2.05, 4.69) is 0 Å². The summed E-state index contributed by atoms with van der Waals surface area (Å²) < 4.78 is 13.2. The van der Waals surface area contributed by atoms with Gasteiger partial charge in [-0.15, -0.1) is 0 Å². The van der Waals surface area contributed by atoms with Gasteiger partial charge in [0.15, 0.2) is 0 Å². The Kier molecular flexibility index (Phi) is 4.25. The van der Waals surface area contributed by atoms with Crippen LogP contribution in [0.25, 0.3) is 0 Å². The minimum Gasteiger partial charge on any atom is -0.384 e. The van der Waals surface area contributed by atoms with Gasteiger partial charge in [0.25, 0.3) is 0 Å². The van der Waals surface area contributed by atoms with E-state index in [0.717, 1.165) is 11.3 Å². The van der Waals surface area contributed by atoms with Gasteiger partial charge in [0, 0.05) is 29.9 Å². The minimum absolute atomic E-state index is 0.0252. The number of rotatable bonds is 4. The van der Waals surface area contributed by atoms with Crippen molar-refractivity contribution in [3.8, 4) is 0 Å². The predicted octanol–water partition coefficient (Wildman–Crippen LogP) is 3.40. The summed E-state index contributed by atoms with van der Waals surface area (Å²) in [6.07, 6.45) is 0. The number of hydrogen-bond acceptors (Lipinski definition) is 2. The Morgan fingerprint density at radius 2 is 2.05 bits per heavy atom. The summed E-state index contributed by atoms with van der Waals surface area (Å²) in [6, 6.07) is 11.6. The molecule has 0 aromatic heterocycles. The fraction of sp³-hybridized carbons (Fsp3) is 0.133. The van der Waals surface area contributed by atoms with Crippen LogP contribution < -0.4 is 10.6 Å². The largest absolute Gasteiger partial charge is 0.384 e. The topological polar surface area (TPSA) is 53.1 Å². The van der Waals surface area contributed by atoms with Crippen molar-refractivity contribution in [3.63, 3.8) is 0 Å². The van der Waals surface area contributed by atoms with Crippen LogP contribution in [-0.4, -0.2) is 12.9 Å². The zero-order valence-corrected chi connectivity index (χ0v) is 11.8. The average molecular weight is 292 g/mol. The van der Waals surface area contributed by atoms with Gasteiger partial charge in [0.2, 0.25) is 0 Å². The molecule has 0 saturated carbocycles. The molecule has 0 spiro atoms. The van der Waals surface area contributed by atoms with Crippen molar-refractivity contribution in [3.05, 3.63) is 64.4 Å². The number of amidine groups is 1. The van der Waals surface area contributed by atoms with Crippen LogP contribution >= 0.6 is 11.6 Å². The van der Waals surface area contributed by atoms with Gasteiger partial charge < -0.3 is 10.6 Å². The van der Waals surface area contributed by atoms with Crippen LogP contribution in [0, 0.1) is 11.2 Å². The molecule has 104 valence electrons. The SMILES string of the molecule is CN(Cc1cccc(F)c1)c1cc(Cl)ccc1C(=N)N. The Bertz CT molecular complexity index is 643. The molecule has 3 N–H and O–H groups in total. The van der Waals surface area contributed by atoms with Crippen LogP contribution in [0.3, 0.4) is 0 Å². The first kappa shape index (κ1) is 14.3. The van der Waals surface area contributed by atoms with E-state index in [0.29, 0.717) is 17.1 Å². The summed E-state index contributed by atoms with van der Waals surface area (Å²) in [5, 5.41) is 8.17. The second-order valence-corrected chi connectivity index (χ2v) is 5.00. The van der Waals surface area contributed by atoms with Gasteiger partial charge in [-0.25, -0.2) is 4.39 Å². The van der Waals surface area contributed by atoms with Crippen LogP contribution in [0.4, 0.5) is 10.1 Å². The fourth-order valence-electron chi connectivity index (χ4n) is 2.04. The summed E-state index contributed by atoms with van der Waals surface area (Å²) in [4.78, 5) is 1.89. The third-order valence-corrected chi connectivity index (χ3v) is 3.21. The smallest absolute Gasteiger partial charge is 0.124 e. The quantitative estimate of drug-likeness (QED) is 0.670. The molecular formula is C15H15ClFN3. The Labute approximate surface area is 122 Å². The molecule has 20 heavy (non-hydrogen) atoms. The first-order valence-corrected chi connectivity index (χ1v) is 6.44. The van der Waals surface area contributed by atoms with E-state index in [9.17, 15) is 4.39 Å². The van der Waals surface area contributed by atoms with Gasteiger partial charge in [-0.05, 0) is 35.9 Å². The molecule has 0 heterocycles. The standard InChI is InChI=1S/C15H15ClFN3/c1-20(9-10-3-2-4-12(17)7-10)14-8-11(16)5-6-13(14)15(18)19/h2-8H,9H2,1H3,(H3,18,19). The van der Waals surface area contributed by atoms with Crippen molar-refractivity contribution in [1.82, 2.24) is 0 Å². The molecule has 0 atom stereocenters. The molecule has 0 radical (unpaired) electrons. The Balaban J connectivity index is 2.31. The normalized spacial score (nSPS) is 10.3. The lowest BCUT2D eigenvalue weighted by molar-refractivity contribution is 0.625. The van der Waals surface area contributed by atoms with Crippen molar-refractivity contribution in [2.75, 3.05) is 11.9 Å². The maximum absolute atomic E-state index is 13.2. The van der Waals surface area contributed by atoms with Gasteiger partial charge in [-0.3, -0.25) is 5.41 Å². The van der Waals surface area contributed by atoms with Gasteiger partial charge in [-0.1, -0.05) is 23.7 Å². The zero-order chi connectivity index (χ0) is 14.7. The van der Waals surface area contributed by atoms with Crippen LogP contribution in [-0.2, 0) is 6.54 Å². The number of nitrogens with one attached hydrogen (secondary N) is 1. The summed E-state index contributed by atoms with van der Waals surface area (Å²) in [6.45, 7) is 0.498. The molecule has 0 bridgehead atoms. The molecule has 3 nitrogen and oxygen atoms in total. The van der Waals surface area contributed by atoms with E-state index in [4.69, 9.17) is 22.7 Å². The first-order chi connectivity index (χ1) is 9.47. The van der Waals surface area contributed by atoms with Crippen LogP contribution in [0.5, 0.6) is 0 Å². The van der Waals surface area contributed by atoms with Crippen LogP contribution in [0.15, 0.2) is 42.5 Å². The highest BCUT2D eigenvalue weighted by Crippen LogP contribution is 2.25. The summed E-state index contributed by atoms with van der Waals surface area (Å²) in [5.74, 6) is -0.295. The minimum atomic E-state index is -0.270. The Hall–Kier alpha value is -2.07. The van der Waals surface area contributed by atoms with E-state index in [1.807, 2.05) is 18.0 Å². The molecular weight excluding hydrogens is 277 g/mol. The third kappa shape index (κ3) is 3.27. The second-order valence-electron chi connectivity index (χ2n) is 4.56. The van der Waals surface area contributed by atoms with Crippen molar-refractivity contribution in [2.45, 2.75) is 6.54 Å². The highest BCUT2D eigenvalue weighted by molar-refractivity contribution is 6.31. The average Bonchev–Trinajstić information content (AvgIpc) is 2.38. The molecule has 0 unspecified atom stereocenters. The molecule has 0 aliphatic heterocycles. The van der Waals surface area contributed by atoms with Crippen molar-refractivity contribution < 1.29 is 4.39 Å². The third-order valence-electron chi connectivity index (χ3n) is 2.97. The number of hydrogen-bond donors (Lipinski definition) is 2. The highest BCUT2D eigenvalue weighted by Gasteiger charge is 2.11. The number of nitrogens with zero attached hydrogens (tertiary/aromatic N) is 1. The zero-order valence-electron chi connectivity index (χ0n) is 11.0. The van der Waals surface area contributed by atoms with E-state index in [1.165, 1.54) is 12.1 Å². The molecule has 2 aromatic carbocycles. The van der Waals surface area contributed by atoms with E-state index in [1.54, 1.807) is 24.3 Å². The van der Waals surface area contributed by atoms with Crippen molar-refractivity contribution in [2.24, 2.45) is 5.73 Å². The van der Waals surface area contributed by atoms with E-state index < -0.39 is 0 Å². The Morgan fingerprint density at radius 3 is 2.70 bits per heavy atom. The summed E-state index contributed by atoms with van der Waals surface area (Å²) in [5.41, 5.74) is 7.76. The molecule has 5 heteroatoms. The summed E-state index contributed by atoms with van der Waals surface area (Å²) in [7, 11) is 1.85. The van der Waals surface area contributed by atoms with Crippen molar-refractivity contribution >= 4 is 23.1 Å². The molecule has 0 saturated heterocycles. The first-order valence-electron chi connectivity index (χ1n) is 6.07. The van der Waals surface area contributed by atoms with Crippen LogP contribution in [0.2, 0.25) is 5.02 Å². The molecule has 2 rings (SSSR count). The number of nitrogens with two attached hydrogens (primary N) is 1. The van der Waals surface area contributed by atoms with E-state index >= 15 is 0 Å².